The van der Waals surface area contributed by atoms with Gasteiger partial charge in [0.25, 0.3) is 21.6 Å². The second-order valence-corrected chi connectivity index (χ2v) is 11.2. The lowest BCUT2D eigenvalue weighted by atomic mass is 9.98. The normalized spacial score (nSPS) is 13.4. The number of benzene rings is 3. The van der Waals surface area contributed by atoms with Crippen LogP contribution in [0.25, 0.3) is 11.1 Å². The quantitative estimate of drug-likeness (QED) is 0.334. The summed E-state index contributed by atoms with van der Waals surface area (Å²) in [5.74, 6) is -1.50. The average Bonchev–Trinajstić information content (AvgIpc) is 3.23. The maximum atomic E-state index is 13.2. The standard InChI is InChI=1S/C27H27N3O7S/c1-17(2)25(26(31)29(3)38(35,36)19-14-12-18(13-15-19)30(33)34)28-27(32)37-16-24-22-10-6-4-8-20(22)21-9-5-7-11-23(21)24/h4-15,17,24-25H,16H2,1-3H3,(H,28,32)/t25-/m1/s1. The van der Waals surface area contributed by atoms with E-state index >= 15 is 0 Å². The summed E-state index contributed by atoms with van der Waals surface area (Å²) >= 11 is 0. The number of amides is 2. The van der Waals surface area contributed by atoms with Crippen molar-refractivity contribution in [2.45, 2.75) is 30.7 Å². The first-order valence-electron chi connectivity index (χ1n) is 11.9. The summed E-state index contributed by atoms with van der Waals surface area (Å²) in [4.78, 5) is 35.9. The highest BCUT2D eigenvalue weighted by Gasteiger charge is 2.35. The Morgan fingerprint density at radius 2 is 1.50 bits per heavy atom. The lowest BCUT2D eigenvalue weighted by Crippen LogP contribution is -2.51. The van der Waals surface area contributed by atoms with E-state index in [9.17, 15) is 28.1 Å². The van der Waals surface area contributed by atoms with Crippen molar-refractivity contribution in [1.82, 2.24) is 9.62 Å². The van der Waals surface area contributed by atoms with Gasteiger partial charge < -0.3 is 10.1 Å². The monoisotopic (exact) mass is 537 g/mol. The highest BCUT2D eigenvalue weighted by Crippen LogP contribution is 2.44. The predicted octanol–water partition coefficient (Wildman–Crippen LogP) is 4.31. The van der Waals surface area contributed by atoms with Gasteiger partial charge in [0.15, 0.2) is 0 Å². The van der Waals surface area contributed by atoms with Gasteiger partial charge in [-0.25, -0.2) is 17.5 Å². The number of ether oxygens (including phenoxy) is 1. The van der Waals surface area contributed by atoms with E-state index in [1.807, 2.05) is 48.5 Å². The van der Waals surface area contributed by atoms with Crippen molar-refractivity contribution in [3.8, 4) is 11.1 Å². The van der Waals surface area contributed by atoms with Gasteiger partial charge in [-0.3, -0.25) is 14.9 Å². The predicted molar refractivity (Wildman–Crippen MR) is 140 cm³/mol. The number of hydrogen-bond donors (Lipinski definition) is 1. The van der Waals surface area contributed by atoms with Gasteiger partial charge >= 0.3 is 6.09 Å². The molecule has 0 heterocycles. The molecule has 3 aromatic carbocycles. The Morgan fingerprint density at radius 1 is 0.974 bits per heavy atom. The first-order chi connectivity index (χ1) is 18.0. The van der Waals surface area contributed by atoms with Crippen LogP contribution in [-0.4, -0.2) is 49.3 Å². The zero-order chi connectivity index (χ0) is 27.6. The number of nitro benzene ring substituents is 1. The molecule has 10 nitrogen and oxygen atoms in total. The number of nitrogens with zero attached hydrogens (tertiary/aromatic N) is 2. The highest BCUT2D eigenvalue weighted by molar-refractivity contribution is 7.89. The van der Waals surface area contributed by atoms with Crippen molar-refractivity contribution >= 4 is 27.7 Å². The van der Waals surface area contributed by atoms with Crippen molar-refractivity contribution in [3.05, 3.63) is 94.0 Å². The third-order valence-corrected chi connectivity index (χ3v) is 8.33. The molecule has 0 aromatic heterocycles. The van der Waals surface area contributed by atoms with Crippen LogP contribution in [0.15, 0.2) is 77.7 Å². The van der Waals surface area contributed by atoms with E-state index in [0.717, 1.165) is 53.6 Å². The molecule has 0 saturated carbocycles. The summed E-state index contributed by atoms with van der Waals surface area (Å²) in [6.07, 6.45) is -0.847. The summed E-state index contributed by atoms with van der Waals surface area (Å²) in [6.45, 7) is 3.37. The third-order valence-electron chi connectivity index (χ3n) is 6.57. The van der Waals surface area contributed by atoms with Crippen LogP contribution in [0.2, 0.25) is 0 Å². The molecular formula is C27H27N3O7S. The molecule has 38 heavy (non-hydrogen) atoms. The molecule has 0 saturated heterocycles. The van der Waals surface area contributed by atoms with E-state index in [4.69, 9.17) is 4.74 Å². The molecule has 11 heteroatoms. The molecule has 1 aliphatic rings. The molecule has 1 N–H and O–H groups in total. The number of carbonyl (C=O) groups excluding carboxylic acids is 2. The number of non-ortho nitro benzene ring substituents is 1. The Labute approximate surface area is 220 Å². The minimum Gasteiger partial charge on any atom is -0.449 e. The summed E-state index contributed by atoms with van der Waals surface area (Å²) in [6, 6.07) is 18.8. The van der Waals surface area contributed by atoms with Gasteiger partial charge in [-0.2, -0.15) is 0 Å². The van der Waals surface area contributed by atoms with Crippen LogP contribution in [0.1, 0.15) is 30.9 Å². The van der Waals surface area contributed by atoms with Crippen LogP contribution in [-0.2, 0) is 19.6 Å². The zero-order valence-corrected chi connectivity index (χ0v) is 21.8. The number of nitrogens with one attached hydrogen (secondary N) is 1. The average molecular weight is 538 g/mol. The number of hydrogen-bond acceptors (Lipinski definition) is 7. The topological polar surface area (TPSA) is 136 Å². The Kier molecular flexibility index (Phi) is 7.49. The fourth-order valence-electron chi connectivity index (χ4n) is 4.49. The van der Waals surface area contributed by atoms with Crippen molar-refractivity contribution < 1.29 is 27.7 Å². The maximum absolute atomic E-state index is 13.2. The molecular weight excluding hydrogens is 510 g/mol. The van der Waals surface area contributed by atoms with E-state index < -0.39 is 38.9 Å². The molecule has 0 bridgehead atoms. The van der Waals surface area contributed by atoms with Gasteiger partial charge in [0.2, 0.25) is 0 Å². The first-order valence-corrected chi connectivity index (χ1v) is 13.3. The van der Waals surface area contributed by atoms with Crippen LogP contribution in [0.5, 0.6) is 0 Å². The second kappa shape index (κ2) is 10.6. The van der Waals surface area contributed by atoms with Gasteiger partial charge in [-0.05, 0) is 40.3 Å². The van der Waals surface area contributed by atoms with E-state index in [0.29, 0.717) is 4.31 Å². The highest BCUT2D eigenvalue weighted by atomic mass is 32.2. The number of fused-ring (bicyclic) bond motifs is 3. The molecule has 0 fully saturated rings. The van der Waals surface area contributed by atoms with Crippen molar-refractivity contribution in [3.63, 3.8) is 0 Å². The van der Waals surface area contributed by atoms with E-state index in [1.54, 1.807) is 13.8 Å². The Hall–Kier alpha value is -4.25. The summed E-state index contributed by atoms with van der Waals surface area (Å²) < 4.78 is 32.0. The third kappa shape index (κ3) is 5.10. The largest absolute Gasteiger partial charge is 0.449 e. The van der Waals surface area contributed by atoms with Gasteiger partial charge in [0, 0.05) is 25.1 Å². The second-order valence-electron chi connectivity index (χ2n) is 9.25. The fourth-order valence-corrected chi connectivity index (χ4v) is 5.64. The lowest BCUT2D eigenvalue weighted by molar-refractivity contribution is -0.384. The molecule has 1 aliphatic carbocycles. The van der Waals surface area contributed by atoms with Crippen LogP contribution in [0, 0.1) is 16.0 Å². The number of alkyl carbamates (subject to hydrolysis) is 1. The van der Waals surface area contributed by atoms with Crippen LogP contribution in [0.4, 0.5) is 10.5 Å². The van der Waals surface area contributed by atoms with Crippen LogP contribution >= 0.6 is 0 Å². The molecule has 3 aromatic rings. The number of sulfonamides is 1. The Bertz CT molecular complexity index is 1440. The number of likely N-dealkylation sites (N-methyl/N-ethyl adjacent to an activating group) is 1. The molecule has 1 atom stereocenters. The number of carbonyl (C=O) groups is 2. The minimum atomic E-state index is -4.32. The molecule has 0 radical (unpaired) electrons. The molecule has 0 spiro atoms. The summed E-state index contributed by atoms with van der Waals surface area (Å²) in [5.41, 5.74) is 3.93. The van der Waals surface area contributed by atoms with Crippen LogP contribution in [0.3, 0.4) is 0 Å². The Morgan fingerprint density at radius 3 is 2.00 bits per heavy atom. The van der Waals surface area contributed by atoms with E-state index in [2.05, 4.69) is 5.32 Å². The zero-order valence-electron chi connectivity index (χ0n) is 21.0. The van der Waals surface area contributed by atoms with Crippen LogP contribution < -0.4 is 5.32 Å². The number of rotatable bonds is 8. The summed E-state index contributed by atoms with van der Waals surface area (Å²) in [7, 11) is -3.24. The van der Waals surface area contributed by atoms with E-state index in [-0.39, 0.29) is 23.1 Å². The number of nitro groups is 1. The first kappa shape index (κ1) is 26.8. The van der Waals surface area contributed by atoms with E-state index in [1.165, 1.54) is 0 Å². The van der Waals surface area contributed by atoms with Crippen molar-refractivity contribution in [1.29, 1.82) is 0 Å². The summed E-state index contributed by atoms with van der Waals surface area (Å²) in [5, 5.41) is 13.4. The molecule has 4 rings (SSSR count). The molecule has 2 amide bonds. The maximum Gasteiger partial charge on any atom is 0.407 e. The van der Waals surface area contributed by atoms with Crippen molar-refractivity contribution in [2.24, 2.45) is 5.92 Å². The van der Waals surface area contributed by atoms with Gasteiger partial charge in [0.1, 0.15) is 12.6 Å². The van der Waals surface area contributed by atoms with Gasteiger partial charge in [0.05, 0.1) is 9.82 Å². The van der Waals surface area contributed by atoms with Gasteiger partial charge in [-0.15, -0.1) is 0 Å². The lowest BCUT2D eigenvalue weighted by Gasteiger charge is -2.26. The van der Waals surface area contributed by atoms with Crippen molar-refractivity contribution in [2.75, 3.05) is 13.7 Å². The SMILES string of the molecule is CC(C)[C@@H](NC(=O)OCC1c2ccccc2-c2ccccc21)C(=O)N(C)S(=O)(=O)c1ccc([N+](=O)[O-])cc1. The smallest absolute Gasteiger partial charge is 0.407 e. The fraction of sp³-hybridized carbons (Fsp3) is 0.259. The molecule has 198 valence electrons. The minimum absolute atomic E-state index is 0.0375. The molecule has 0 aliphatic heterocycles. The Balaban J connectivity index is 1.46. The van der Waals surface area contributed by atoms with Gasteiger partial charge in [-0.1, -0.05) is 62.4 Å². The molecule has 0 unspecified atom stereocenters.